The Labute approximate surface area is 183 Å². The molecule has 6 nitrogen and oxygen atoms in total. The van der Waals surface area contributed by atoms with Crippen molar-refractivity contribution >= 4 is 12.1 Å². The van der Waals surface area contributed by atoms with Gasteiger partial charge in [0.2, 0.25) is 0 Å². The van der Waals surface area contributed by atoms with Gasteiger partial charge in [-0.05, 0) is 42.2 Å². The second-order valence-electron chi connectivity index (χ2n) is 8.22. The number of aliphatic carboxylic acids is 1. The van der Waals surface area contributed by atoms with Crippen molar-refractivity contribution in [1.29, 1.82) is 0 Å². The smallest absolute Gasteiger partial charge is 0.410 e. The van der Waals surface area contributed by atoms with E-state index in [2.05, 4.69) is 0 Å². The predicted molar refractivity (Wildman–Crippen MR) is 118 cm³/mol. The second-order valence-corrected chi connectivity index (χ2v) is 8.22. The van der Waals surface area contributed by atoms with Gasteiger partial charge in [-0.2, -0.15) is 0 Å². The maximum atomic E-state index is 12.9. The molecule has 2 aromatic carbocycles. The Morgan fingerprint density at radius 1 is 0.968 bits per heavy atom. The zero-order valence-electron chi connectivity index (χ0n) is 18.0. The van der Waals surface area contributed by atoms with Crippen LogP contribution in [0.1, 0.15) is 42.9 Å². The lowest BCUT2D eigenvalue weighted by atomic mass is 9.82. The van der Waals surface area contributed by atoms with Gasteiger partial charge in [-0.25, -0.2) is 9.59 Å². The molecule has 31 heavy (non-hydrogen) atoms. The number of carbonyl (C=O) groups excluding carboxylic acids is 1. The summed E-state index contributed by atoms with van der Waals surface area (Å²) in [6.07, 6.45) is 3.61. The number of hydrogen-bond donors (Lipinski definition) is 1. The number of rotatable bonds is 9. The molecule has 0 radical (unpaired) electrons. The molecule has 6 heteroatoms. The first-order chi connectivity index (χ1) is 15.0. The molecule has 1 aliphatic carbocycles. The summed E-state index contributed by atoms with van der Waals surface area (Å²) in [6.45, 7) is 0.553. The minimum absolute atomic E-state index is 0.224. The van der Waals surface area contributed by atoms with Crippen LogP contribution in [0.4, 0.5) is 4.79 Å². The average Bonchev–Trinajstić information content (AvgIpc) is 2.79. The van der Waals surface area contributed by atoms with Crippen LogP contribution in [0.2, 0.25) is 0 Å². The Kier molecular flexibility index (Phi) is 8.47. The van der Waals surface area contributed by atoms with Gasteiger partial charge in [0.05, 0.1) is 19.3 Å². The molecule has 0 saturated heterocycles. The fourth-order valence-electron chi connectivity index (χ4n) is 4.32. The number of nitrogens with zero attached hydrogens (tertiary/aromatic N) is 1. The van der Waals surface area contributed by atoms with E-state index < -0.39 is 5.97 Å². The highest BCUT2D eigenvalue weighted by Crippen LogP contribution is 2.31. The van der Waals surface area contributed by atoms with Gasteiger partial charge in [0.1, 0.15) is 6.61 Å². The van der Waals surface area contributed by atoms with Crippen molar-refractivity contribution in [1.82, 2.24) is 4.90 Å². The lowest BCUT2D eigenvalue weighted by Crippen LogP contribution is -2.34. The number of amides is 1. The molecule has 1 N–H and O–H groups in total. The number of carboxylic acid groups (broad SMARTS) is 1. The Bertz CT molecular complexity index is 787. The SMILES string of the molecule is CN(C(=O)OCC1CCCC(COCC(=O)O)C1)C(c1ccccc1)c1ccccc1. The molecule has 1 fully saturated rings. The summed E-state index contributed by atoms with van der Waals surface area (Å²) < 4.78 is 11.0. The first-order valence-corrected chi connectivity index (χ1v) is 10.8. The first kappa shape index (κ1) is 22.8. The van der Waals surface area contributed by atoms with Gasteiger partial charge in [0.15, 0.2) is 0 Å². The molecule has 0 bridgehead atoms. The predicted octanol–water partition coefficient (Wildman–Crippen LogP) is 4.75. The molecule has 2 aromatic rings. The van der Waals surface area contributed by atoms with Crippen molar-refractivity contribution in [3.8, 4) is 0 Å². The van der Waals surface area contributed by atoms with Crippen molar-refractivity contribution in [2.45, 2.75) is 31.7 Å². The Morgan fingerprint density at radius 3 is 2.06 bits per heavy atom. The van der Waals surface area contributed by atoms with Crippen LogP contribution in [-0.2, 0) is 14.3 Å². The summed E-state index contributed by atoms with van der Waals surface area (Å²) >= 11 is 0. The summed E-state index contributed by atoms with van der Waals surface area (Å²) in [6, 6.07) is 19.7. The minimum atomic E-state index is -0.948. The van der Waals surface area contributed by atoms with Crippen LogP contribution in [0.25, 0.3) is 0 Å². The van der Waals surface area contributed by atoms with Crippen LogP contribution in [0.15, 0.2) is 60.7 Å². The molecule has 1 aliphatic rings. The van der Waals surface area contributed by atoms with Gasteiger partial charge in [0, 0.05) is 7.05 Å². The van der Waals surface area contributed by atoms with Crippen molar-refractivity contribution in [2.75, 3.05) is 26.9 Å². The molecular formula is C25H31NO5. The lowest BCUT2D eigenvalue weighted by Gasteiger charge is -2.31. The molecule has 1 amide bonds. The number of hydrogen-bond acceptors (Lipinski definition) is 4. The van der Waals surface area contributed by atoms with Crippen LogP contribution in [-0.4, -0.2) is 48.9 Å². The molecule has 2 unspecified atom stereocenters. The van der Waals surface area contributed by atoms with Crippen molar-refractivity contribution < 1.29 is 24.2 Å². The highest BCUT2D eigenvalue weighted by atomic mass is 16.6. The second kappa shape index (κ2) is 11.5. The summed E-state index contributed by atoms with van der Waals surface area (Å²) in [7, 11) is 1.77. The van der Waals surface area contributed by atoms with Gasteiger partial charge < -0.3 is 19.5 Å². The monoisotopic (exact) mass is 425 g/mol. The third-order valence-corrected chi connectivity index (χ3v) is 5.82. The Hall–Kier alpha value is -2.86. The molecule has 0 heterocycles. The maximum Gasteiger partial charge on any atom is 0.410 e. The number of ether oxygens (including phenoxy) is 2. The van der Waals surface area contributed by atoms with E-state index in [4.69, 9.17) is 14.6 Å². The molecule has 3 rings (SSSR count). The Balaban J connectivity index is 1.57. The molecule has 1 saturated carbocycles. The Morgan fingerprint density at radius 2 is 1.52 bits per heavy atom. The molecule has 166 valence electrons. The molecule has 2 atom stereocenters. The summed E-state index contributed by atoms with van der Waals surface area (Å²) in [4.78, 5) is 25.2. The van der Waals surface area contributed by atoms with Crippen LogP contribution in [0, 0.1) is 11.8 Å². The van der Waals surface area contributed by atoms with Gasteiger partial charge in [0.25, 0.3) is 0 Å². The lowest BCUT2D eigenvalue weighted by molar-refractivity contribution is -0.142. The zero-order valence-corrected chi connectivity index (χ0v) is 18.0. The van der Waals surface area contributed by atoms with Crippen LogP contribution < -0.4 is 0 Å². The third-order valence-electron chi connectivity index (χ3n) is 5.82. The first-order valence-electron chi connectivity index (χ1n) is 10.8. The molecular weight excluding hydrogens is 394 g/mol. The minimum Gasteiger partial charge on any atom is -0.480 e. The van der Waals surface area contributed by atoms with E-state index in [0.717, 1.165) is 36.8 Å². The standard InChI is InChI=1S/C25H31NO5/c1-26(24(21-11-4-2-5-12-21)22-13-6-3-7-14-22)25(29)31-17-20-10-8-9-19(15-20)16-30-18-23(27)28/h2-7,11-14,19-20,24H,8-10,15-18H2,1H3,(H,27,28). The fourth-order valence-corrected chi connectivity index (χ4v) is 4.32. The number of benzene rings is 2. The average molecular weight is 426 g/mol. The summed E-state index contributed by atoms with van der Waals surface area (Å²) in [5, 5.41) is 8.71. The van der Waals surface area contributed by atoms with Crippen LogP contribution in [0.5, 0.6) is 0 Å². The van der Waals surface area contributed by atoms with E-state index in [0.29, 0.717) is 19.1 Å². The normalized spacial score (nSPS) is 18.5. The van der Waals surface area contributed by atoms with E-state index in [1.807, 2.05) is 60.7 Å². The summed E-state index contributed by atoms with van der Waals surface area (Å²) in [5.74, 6) is -0.358. The van der Waals surface area contributed by atoms with Crippen LogP contribution >= 0.6 is 0 Å². The summed E-state index contributed by atoms with van der Waals surface area (Å²) in [5.41, 5.74) is 2.06. The molecule has 0 aliphatic heterocycles. The highest BCUT2D eigenvalue weighted by molar-refractivity contribution is 5.69. The molecule has 0 spiro atoms. The van der Waals surface area contributed by atoms with Crippen molar-refractivity contribution in [3.05, 3.63) is 71.8 Å². The highest BCUT2D eigenvalue weighted by Gasteiger charge is 2.27. The van der Waals surface area contributed by atoms with E-state index in [1.165, 1.54) is 0 Å². The fraction of sp³-hybridized carbons (Fsp3) is 0.440. The van der Waals surface area contributed by atoms with E-state index in [1.54, 1.807) is 11.9 Å². The van der Waals surface area contributed by atoms with Gasteiger partial charge in [-0.15, -0.1) is 0 Å². The van der Waals surface area contributed by atoms with Crippen LogP contribution in [0.3, 0.4) is 0 Å². The van der Waals surface area contributed by atoms with Gasteiger partial charge >= 0.3 is 12.1 Å². The quantitative estimate of drug-likeness (QED) is 0.627. The van der Waals surface area contributed by atoms with E-state index >= 15 is 0 Å². The topological polar surface area (TPSA) is 76.1 Å². The zero-order chi connectivity index (χ0) is 22.1. The number of carboxylic acids is 1. The van der Waals surface area contributed by atoms with E-state index in [9.17, 15) is 9.59 Å². The van der Waals surface area contributed by atoms with Crippen molar-refractivity contribution in [3.63, 3.8) is 0 Å². The van der Waals surface area contributed by atoms with Gasteiger partial charge in [-0.3, -0.25) is 0 Å². The number of carbonyl (C=O) groups is 2. The van der Waals surface area contributed by atoms with E-state index in [-0.39, 0.29) is 24.7 Å². The largest absolute Gasteiger partial charge is 0.480 e. The van der Waals surface area contributed by atoms with Crippen molar-refractivity contribution in [2.24, 2.45) is 11.8 Å². The maximum absolute atomic E-state index is 12.9. The molecule has 0 aromatic heterocycles. The van der Waals surface area contributed by atoms with Gasteiger partial charge in [-0.1, -0.05) is 67.1 Å². The third kappa shape index (κ3) is 6.82.